The predicted molar refractivity (Wildman–Crippen MR) is 90.9 cm³/mol. The van der Waals surface area contributed by atoms with E-state index in [0.29, 0.717) is 25.1 Å². The molecule has 3 rings (SSSR count). The number of furan rings is 1. The van der Waals surface area contributed by atoms with E-state index >= 15 is 0 Å². The minimum absolute atomic E-state index is 0.125. The van der Waals surface area contributed by atoms with Gasteiger partial charge in [0.1, 0.15) is 6.04 Å². The molecule has 0 saturated carbocycles. The average molecular weight is 362 g/mol. The van der Waals surface area contributed by atoms with E-state index in [4.69, 9.17) is 4.42 Å². The molecule has 1 aliphatic heterocycles. The molecule has 1 aromatic carbocycles. The fraction of sp³-hybridized carbons (Fsp3) is 0.294. The number of rotatable bonds is 4. The van der Waals surface area contributed by atoms with Crippen molar-refractivity contribution in [3.63, 3.8) is 0 Å². The Balaban J connectivity index is 1.75. The number of nitrogens with one attached hydrogen (secondary N) is 1. The molecule has 0 bridgehead atoms. The Hall–Kier alpha value is -2.61. The van der Waals surface area contributed by atoms with Gasteiger partial charge in [-0.25, -0.2) is 8.42 Å². The third-order valence-electron chi connectivity index (χ3n) is 4.08. The van der Waals surface area contributed by atoms with Gasteiger partial charge in [0.15, 0.2) is 15.6 Å². The maximum Gasteiger partial charge on any atom is 0.290 e. The van der Waals surface area contributed by atoms with Crippen LogP contribution in [0.5, 0.6) is 0 Å². The van der Waals surface area contributed by atoms with Crippen LogP contribution in [0.4, 0.5) is 5.69 Å². The second kappa shape index (κ2) is 6.72. The molecule has 1 aromatic heterocycles. The van der Waals surface area contributed by atoms with Crippen molar-refractivity contribution in [3.05, 3.63) is 48.4 Å². The molecule has 1 fully saturated rings. The molecule has 25 heavy (non-hydrogen) atoms. The van der Waals surface area contributed by atoms with E-state index in [0.717, 1.165) is 6.26 Å². The lowest BCUT2D eigenvalue weighted by Gasteiger charge is -2.23. The zero-order chi connectivity index (χ0) is 18.0. The van der Waals surface area contributed by atoms with Gasteiger partial charge in [0.2, 0.25) is 5.91 Å². The molecule has 2 heterocycles. The van der Waals surface area contributed by atoms with Crippen LogP contribution < -0.4 is 5.32 Å². The van der Waals surface area contributed by atoms with E-state index in [1.165, 1.54) is 23.3 Å². The maximum atomic E-state index is 12.6. The van der Waals surface area contributed by atoms with Crippen molar-refractivity contribution in [1.29, 1.82) is 0 Å². The van der Waals surface area contributed by atoms with Crippen LogP contribution >= 0.6 is 0 Å². The molecule has 0 radical (unpaired) electrons. The van der Waals surface area contributed by atoms with Crippen molar-refractivity contribution in [2.45, 2.75) is 23.8 Å². The van der Waals surface area contributed by atoms with Gasteiger partial charge in [-0.15, -0.1) is 0 Å². The Bertz CT molecular complexity index is 890. The van der Waals surface area contributed by atoms with Gasteiger partial charge in [0.05, 0.1) is 11.2 Å². The van der Waals surface area contributed by atoms with Crippen molar-refractivity contribution in [2.24, 2.45) is 0 Å². The quantitative estimate of drug-likeness (QED) is 0.896. The first-order valence-electron chi connectivity index (χ1n) is 7.82. The predicted octanol–water partition coefficient (Wildman–Crippen LogP) is 1.93. The monoisotopic (exact) mass is 362 g/mol. The van der Waals surface area contributed by atoms with Gasteiger partial charge in [-0.2, -0.15) is 0 Å². The molecular weight excluding hydrogens is 344 g/mol. The number of hydrogen-bond donors (Lipinski definition) is 1. The first kappa shape index (κ1) is 17.2. The number of anilines is 1. The zero-order valence-corrected chi connectivity index (χ0v) is 14.5. The maximum absolute atomic E-state index is 12.6. The standard InChI is InChI=1S/C17H18N2O5S/c1-25(22,23)13-6-2-5-12(11-13)18-16(20)14-7-3-9-19(14)17(21)15-8-4-10-24-15/h2,4-6,8,10-11,14H,3,7,9H2,1H3,(H,18,20). The summed E-state index contributed by atoms with van der Waals surface area (Å²) in [6, 6.07) is 8.61. The number of sulfone groups is 1. The molecule has 1 N–H and O–H groups in total. The summed E-state index contributed by atoms with van der Waals surface area (Å²) >= 11 is 0. The van der Waals surface area contributed by atoms with Gasteiger partial charge >= 0.3 is 0 Å². The SMILES string of the molecule is CS(=O)(=O)c1cccc(NC(=O)C2CCCN2C(=O)c2ccco2)c1. The number of nitrogens with zero attached hydrogens (tertiary/aromatic N) is 1. The van der Waals surface area contributed by atoms with Gasteiger partial charge in [-0.3, -0.25) is 9.59 Å². The van der Waals surface area contributed by atoms with Gasteiger partial charge < -0.3 is 14.6 Å². The summed E-state index contributed by atoms with van der Waals surface area (Å²) in [5, 5.41) is 2.70. The number of likely N-dealkylation sites (tertiary alicyclic amines) is 1. The van der Waals surface area contributed by atoms with Crippen molar-refractivity contribution in [1.82, 2.24) is 4.90 Å². The highest BCUT2D eigenvalue weighted by atomic mass is 32.2. The highest BCUT2D eigenvalue weighted by molar-refractivity contribution is 7.90. The van der Waals surface area contributed by atoms with Crippen LogP contribution in [-0.4, -0.2) is 44.0 Å². The molecule has 1 saturated heterocycles. The second-order valence-electron chi connectivity index (χ2n) is 5.92. The summed E-state index contributed by atoms with van der Waals surface area (Å²) in [7, 11) is -3.36. The van der Waals surface area contributed by atoms with Crippen LogP contribution in [-0.2, 0) is 14.6 Å². The van der Waals surface area contributed by atoms with Crippen molar-refractivity contribution in [3.8, 4) is 0 Å². The van der Waals surface area contributed by atoms with Crippen molar-refractivity contribution >= 4 is 27.3 Å². The minimum Gasteiger partial charge on any atom is -0.459 e. The number of carbonyl (C=O) groups excluding carboxylic acids is 2. The van der Waals surface area contributed by atoms with E-state index in [9.17, 15) is 18.0 Å². The van der Waals surface area contributed by atoms with Crippen LogP contribution in [0.15, 0.2) is 52.0 Å². The largest absolute Gasteiger partial charge is 0.459 e. The topological polar surface area (TPSA) is 96.7 Å². The second-order valence-corrected chi connectivity index (χ2v) is 7.94. The number of amides is 2. The van der Waals surface area contributed by atoms with E-state index < -0.39 is 15.9 Å². The normalized spacial score (nSPS) is 17.5. The Morgan fingerprint density at radius 2 is 2.04 bits per heavy atom. The van der Waals surface area contributed by atoms with Gasteiger partial charge in [0.25, 0.3) is 5.91 Å². The smallest absolute Gasteiger partial charge is 0.290 e. The molecule has 7 nitrogen and oxygen atoms in total. The number of hydrogen-bond acceptors (Lipinski definition) is 5. The fourth-order valence-corrected chi connectivity index (χ4v) is 3.52. The Labute approximate surface area is 145 Å². The van der Waals surface area contributed by atoms with E-state index in [1.54, 1.807) is 24.3 Å². The van der Waals surface area contributed by atoms with Crippen molar-refractivity contribution in [2.75, 3.05) is 18.1 Å². The fourth-order valence-electron chi connectivity index (χ4n) is 2.85. The Morgan fingerprint density at radius 1 is 1.24 bits per heavy atom. The summed E-state index contributed by atoms with van der Waals surface area (Å²) in [5.74, 6) is -0.477. The summed E-state index contributed by atoms with van der Waals surface area (Å²) in [4.78, 5) is 26.6. The average Bonchev–Trinajstić information content (AvgIpc) is 3.25. The third kappa shape index (κ3) is 3.74. The highest BCUT2D eigenvalue weighted by Gasteiger charge is 2.35. The van der Waals surface area contributed by atoms with E-state index in [-0.39, 0.29) is 22.5 Å². The summed E-state index contributed by atoms with van der Waals surface area (Å²) in [5.41, 5.74) is 0.380. The minimum atomic E-state index is -3.36. The van der Waals surface area contributed by atoms with Crippen LogP contribution in [0, 0.1) is 0 Å². The van der Waals surface area contributed by atoms with Crippen molar-refractivity contribution < 1.29 is 22.4 Å². The third-order valence-corrected chi connectivity index (χ3v) is 5.19. The lowest BCUT2D eigenvalue weighted by atomic mass is 10.2. The number of benzene rings is 1. The Morgan fingerprint density at radius 3 is 2.72 bits per heavy atom. The van der Waals surface area contributed by atoms with E-state index in [1.807, 2.05) is 0 Å². The lowest BCUT2D eigenvalue weighted by Crippen LogP contribution is -2.43. The molecule has 0 spiro atoms. The Kier molecular flexibility index (Phi) is 4.63. The van der Waals surface area contributed by atoms with E-state index in [2.05, 4.69) is 5.32 Å². The van der Waals surface area contributed by atoms with Gasteiger partial charge in [-0.05, 0) is 43.2 Å². The van der Waals surface area contributed by atoms with Crippen LogP contribution in [0.3, 0.4) is 0 Å². The molecule has 132 valence electrons. The molecule has 1 unspecified atom stereocenters. The number of carbonyl (C=O) groups is 2. The molecular formula is C17H18N2O5S. The van der Waals surface area contributed by atoms with Gasteiger partial charge in [0, 0.05) is 18.5 Å². The molecule has 2 amide bonds. The summed E-state index contributed by atoms with van der Waals surface area (Å²) < 4.78 is 28.4. The zero-order valence-electron chi connectivity index (χ0n) is 13.6. The molecule has 1 aliphatic rings. The lowest BCUT2D eigenvalue weighted by molar-refractivity contribution is -0.119. The highest BCUT2D eigenvalue weighted by Crippen LogP contribution is 2.23. The summed E-state index contributed by atoms with van der Waals surface area (Å²) in [6.07, 6.45) is 3.78. The first-order chi connectivity index (χ1) is 11.9. The first-order valence-corrected chi connectivity index (χ1v) is 9.71. The van der Waals surface area contributed by atoms with Crippen LogP contribution in [0.1, 0.15) is 23.4 Å². The molecule has 8 heteroatoms. The molecule has 1 atom stereocenters. The molecule has 2 aromatic rings. The van der Waals surface area contributed by atoms with Gasteiger partial charge in [-0.1, -0.05) is 6.07 Å². The molecule has 0 aliphatic carbocycles. The van der Waals surface area contributed by atoms with Crippen LogP contribution in [0.2, 0.25) is 0 Å². The van der Waals surface area contributed by atoms with Crippen LogP contribution in [0.25, 0.3) is 0 Å². The summed E-state index contributed by atoms with van der Waals surface area (Å²) in [6.45, 7) is 0.473.